The highest BCUT2D eigenvalue weighted by molar-refractivity contribution is 8.33. The fourth-order valence-corrected chi connectivity index (χ4v) is 11.3. The average molecular weight is 539 g/mol. The van der Waals surface area contributed by atoms with Crippen molar-refractivity contribution in [2.24, 2.45) is 0 Å². The highest BCUT2D eigenvalue weighted by atomic mass is 32.3. The summed E-state index contributed by atoms with van der Waals surface area (Å²) >= 11 is 0. The summed E-state index contributed by atoms with van der Waals surface area (Å²) in [6.07, 6.45) is 0. The Kier molecular flexibility index (Phi) is 7.50. The molecular formula is C28H33F3O3S2. The van der Waals surface area contributed by atoms with Crippen molar-refractivity contribution in [3.05, 3.63) is 86.5 Å². The zero-order valence-electron chi connectivity index (χ0n) is 22.1. The maximum Gasteiger partial charge on any atom is 0.524 e. The second-order valence-electron chi connectivity index (χ2n) is 9.71. The van der Waals surface area contributed by atoms with E-state index in [0.29, 0.717) is 48.1 Å². The second kappa shape index (κ2) is 9.54. The summed E-state index contributed by atoms with van der Waals surface area (Å²) in [6.45, 7) is 16.5. The molecule has 0 unspecified atom stereocenters. The largest absolute Gasteiger partial charge is 0.524 e. The normalized spacial score (nSPS) is 13.2. The summed E-state index contributed by atoms with van der Waals surface area (Å²) in [4.78, 5) is 1.43. The van der Waals surface area contributed by atoms with Gasteiger partial charge in [0.2, 0.25) is 0 Å². The van der Waals surface area contributed by atoms with E-state index in [2.05, 4.69) is 0 Å². The molecule has 0 aliphatic carbocycles. The van der Waals surface area contributed by atoms with Crippen LogP contribution in [-0.2, 0) is 13.7 Å². The van der Waals surface area contributed by atoms with E-state index in [-0.39, 0.29) is 0 Å². The molecule has 0 aliphatic heterocycles. The lowest BCUT2D eigenvalue weighted by molar-refractivity contribution is -0.0496. The van der Waals surface area contributed by atoms with Gasteiger partial charge in [-0.05, 0) is 106 Å². The van der Waals surface area contributed by atoms with E-state index < -0.39 is 25.9 Å². The molecule has 3 nitrogen and oxygen atoms in total. The fraction of sp³-hybridized carbons (Fsp3) is 0.357. The molecule has 0 N–H and O–H groups in total. The number of aryl methyl sites for hydroxylation is 9. The van der Waals surface area contributed by atoms with Gasteiger partial charge in [-0.3, -0.25) is 0 Å². The summed E-state index contributed by atoms with van der Waals surface area (Å²) in [6, 6.07) is 11.2. The van der Waals surface area contributed by atoms with E-state index in [1.54, 1.807) is 41.5 Å². The van der Waals surface area contributed by atoms with Crippen LogP contribution in [0, 0.1) is 62.3 Å². The molecule has 0 amide bonds. The molecule has 0 atom stereocenters. The Morgan fingerprint density at radius 2 is 0.750 bits per heavy atom. The third kappa shape index (κ3) is 4.83. The van der Waals surface area contributed by atoms with Crippen LogP contribution in [0.5, 0.6) is 0 Å². The van der Waals surface area contributed by atoms with Crippen molar-refractivity contribution in [3.63, 3.8) is 0 Å². The SMILES string of the molecule is Cc1cc(C)c(S(OS(=O)(=O)C(F)(F)F)(c2c(C)cc(C)cc2C)c2c(C)cc(C)cc2C)c(C)c1. The molecule has 8 heteroatoms. The summed E-state index contributed by atoms with van der Waals surface area (Å²) in [7, 11) is -9.41. The second-order valence-corrected chi connectivity index (χ2v) is 14.0. The monoisotopic (exact) mass is 538 g/mol. The zero-order chi connectivity index (χ0) is 27.4. The van der Waals surface area contributed by atoms with E-state index in [1.165, 1.54) is 0 Å². The first-order valence-corrected chi connectivity index (χ1v) is 14.5. The Labute approximate surface area is 214 Å². The van der Waals surface area contributed by atoms with Crippen molar-refractivity contribution in [2.75, 3.05) is 0 Å². The molecule has 196 valence electrons. The average Bonchev–Trinajstić information content (AvgIpc) is 2.63. The first-order valence-electron chi connectivity index (χ1n) is 11.5. The first-order chi connectivity index (χ1) is 16.4. The number of hydrogen-bond donors (Lipinski definition) is 0. The maximum absolute atomic E-state index is 14.0. The van der Waals surface area contributed by atoms with Gasteiger partial charge in [0.15, 0.2) is 0 Å². The van der Waals surface area contributed by atoms with Gasteiger partial charge in [-0.2, -0.15) is 25.2 Å². The van der Waals surface area contributed by atoms with E-state index >= 15 is 0 Å². The minimum atomic E-state index is -5.99. The quantitative estimate of drug-likeness (QED) is 0.306. The van der Waals surface area contributed by atoms with Crippen molar-refractivity contribution in [1.82, 2.24) is 0 Å². The van der Waals surface area contributed by atoms with E-state index in [9.17, 15) is 21.6 Å². The lowest BCUT2D eigenvalue weighted by atomic mass is 10.1. The molecule has 0 radical (unpaired) electrons. The Hall–Kier alpha value is -2.29. The summed E-state index contributed by atoms with van der Waals surface area (Å²) in [5.41, 5.74) is 1.27. The molecule has 0 fully saturated rings. The lowest BCUT2D eigenvalue weighted by Gasteiger charge is -2.45. The smallest absolute Gasteiger partial charge is 0.200 e. The van der Waals surface area contributed by atoms with E-state index in [4.69, 9.17) is 3.63 Å². The summed E-state index contributed by atoms with van der Waals surface area (Å²) in [5, 5.41) is 0. The molecule has 3 rings (SSSR count). The lowest BCUT2D eigenvalue weighted by Crippen LogP contribution is -2.29. The minimum Gasteiger partial charge on any atom is -0.200 e. The van der Waals surface area contributed by atoms with Crippen molar-refractivity contribution < 1.29 is 25.2 Å². The number of benzene rings is 3. The topological polar surface area (TPSA) is 43.4 Å². The van der Waals surface area contributed by atoms with Gasteiger partial charge in [0.25, 0.3) is 0 Å². The van der Waals surface area contributed by atoms with Crippen LogP contribution < -0.4 is 0 Å². The molecular weight excluding hydrogens is 505 g/mol. The Balaban J connectivity index is 2.74. The molecule has 3 aromatic carbocycles. The van der Waals surface area contributed by atoms with Crippen LogP contribution in [0.1, 0.15) is 50.1 Å². The molecule has 0 heterocycles. The van der Waals surface area contributed by atoms with Gasteiger partial charge in [0.1, 0.15) is 0 Å². The molecule has 0 aliphatic rings. The maximum atomic E-state index is 14.0. The van der Waals surface area contributed by atoms with Gasteiger partial charge < -0.3 is 0 Å². The highest BCUT2D eigenvalue weighted by Crippen LogP contribution is 2.74. The van der Waals surface area contributed by atoms with Crippen LogP contribution in [0.4, 0.5) is 13.2 Å². The number of halogens is 3. The third-order valence-corrected chi connectivity index (χ3v) is 11.9. The molecule has 0 saturated carbocycles. The third-order valence-electron chi connectivity index (χ3n) is 6.15. The van der Waals surface area contributed by atoms with Crippen LogP contribution in [0.15, 0.2) is 51.1 Å². The van der Waals surface area contributed by atoms with Gasteiger partial charge in [-0.1, -0.05) is 53.1 Å². The van der Waals surface area contributed by atoms with Crippen molar-refractivity contribution in [3.8, 4) is 0 Å². The summed E-state index contributed by atoms with van der Waals surface area (Å²) in [5.74, 6) is 0. The predicted octanol–water partition coefficient (Wildman–Crippen LogP) is 8.53. The van der Waals surface area contributed by atoms with Crippen molar-refractivity contribution in [2.45, 2.75) is 82.5 Å². The summed E-state index contributed by atoms with van der Waals surface area (Å²) < 4.78 is 73.6. The van der Waals surface area contributed by atoms with E-state index in [0.717, 1.165) is 16.7 Å². The van der Waals surface area contributed by atoms with Crippen molar-refractivity contribution >= 4 is 20.4 Å². The van der Waals surface area contributed by atoms with Gasteiger partial charge >= 0.3 is 15.6 Å². The van der Waals surface area contributed by atoms with Crippen LogP contribution in [0.3, 0.4) is 0 Å². The van der Waals surface area contributed by atoms with Crippen LogP contribution in [0.2, 0.25) is 0 Å². The standard InChI is InChI=1S/C28H33F3O3S2/c1-16-10-19(4)25(20(5)11-16)35(34-36(32,33)28(29,30)31,26-21(6)12-17(2)13-22(26)7)27-23(8)14-18(3)15-24(27)9/h10-15H,1-9H3. The first kappa shape index (κ1) is 28.3. The Bertz CT molecular complexity index is 1250. The molecule has 0 saturated heterocycles. The van der Waals surface area contributed by atoms with Crippen LogP contribution in [0.25, 0.3) is 0 Å². The van der Waals surface area contributed by atoms with Gasteiger partial charge in [-0.25, -0.2) is 0 Å². The molecule has 0 bridgehead atoms. The molecule has 3 aromatic rings. The number of alkyl halides is 3. The fourth-order valence-electron chi connectivity index (χ4n) is 5.44. The minimum absolute atomic E-state index is 0.478. The predicted molar refractivity (Wildman–Crippen MR) is 140 cm³/mol. The number of hydrogen-bond acceptors (Lipinski definition) is 3. The Morgan fingerprint density at radius 1 is 0.528 bits per heavy atom. The molecule has 36 heavy (non-hydrogen) atoms. The van der Waals surface area contributed by atoms with Gasteiger partial charge in [0.05, 0.1) is 0 Å². The van der Waals surface area contributed by atoms with Crippen molar-refractivity contribution in [1.29, 1.82) is 0 Å². The van der Waals surface area contributed by atoms with Crippen LogP contribution in [-0.4, -0.2) is 13.9 Å². The number of rotatable bonds is 5. The molecule has 0 aromatic heterocycles. The van der Waals surface area contributed by atoms with Gasteiger partial charge in [0, 0.05) is 14.7 Å². The highest BCUT2D eigenvalue weighted by Gasteiger charge is 2.54. The van der Waals surface area contributed by atoms with Gasteiger partial charge in [-0.15, -0.1) is 0 Å². The zero-order valence-corrected chi connectivity index (χ0v) is 23.8. The van der Waals surface area contributed by atoms with E-state index in [1.807, 2.05) is 57.2 Å². The van der Waals surface area contributed by atoms with Crippen LogP contribution >= 0.6 is 10.3 Å². The Morgan fingerprint density at radius 3 is 0.944 bits per heavy atom. The molecule has 0 spiro atoms.